The third-order valence-corrected chi connectivity index (χ3v) is 5.45. The number of nitriles is 1. The van der Waals surface area contributed by atoms with E-state index in [1.807, 2.05) is 6.07 Å². The largest absolute Gasteiger partial charge is 0.445 e. The van der Waals surface area contributed by atoms with Crippen molar-refractivity contribution in [3.63, 3.8) is 0 Å². The van der Waals surface area contributed by atoms with Crippen molar-refractivity contribution in [3.05, 3.63) is 86.9 Å². The van der Waals surface area contributed by atoms with Crippen LogP contribution in [0, 0.1) is 11.3 Å². The average molecular weight is 436 g/mol. The first kappa shape index (κ1) is 18.0. The molecule has 1 unspecified atom stereocenters. The number of hydrogen-bond donors (Lipinski definition) is 2. The van der Waals surface area contributed by atoms with E-state index < -0.39 is 17.1 Å². The summed E-state index contributed by atoms with van der Waals surface area (Å²) in [5, 5.41) is 12.6. The predicted octanol–water partition coefficient (Wildman–Crippen LogP) is 3.52. The molecule has 2 aromatic carbocycles. The normalized spacial score (nSPS) is 20.5. The third-order valence-electron chi connectivity index (χ3n) is 4.96. The lowest BCUT2D eigenvalue weighted by Gasteiger charge is -2.34. The van der Waals surface area contributed by atoms with E-state index in [9.17, 15) is 14.9 Å². The van der Waals surface area contributed by atoms with Gasteiger partial charge in [0.1, 0.15) is 22.8 Å². The molecule has 28 heavy (non-hydrogen) atoms. The van der Waals surface area contributed by atoms with Crippen molar-refractivity contribution >= 4 is 33.3 Å². The van der Waals surface area contributed by atoms with Crippen LogP contribution in [-0.4, -0.2) is 11.7 Å². The average Bonchev–Trinajstić information content (AvgIpc) is 2.94. The van der Waals surface area contributed by atoms with E-state index in [1.165, 1.54) is 0 Å². The highest BCUT2D eigenvalue weighted by molar-refractivity contribution is 9.10. The Labute approximate surface area is 169 Å². The summed E-state index contributed by atoms with van der Waals surface area (Å²) >= 11 is 3.38. The number of rotatable bonds is 2. The molecule has 6 nitrogen and oxygen atoms in total. The zero-order valence-corrected chi connectivity index (χ0v) is 16.3. The van der Waals surface area contributed by atoms with Gasteiger partial charge in [-0.3, -0.25) is 9.59 Å². The van der Waals surface area contributed by atoms with Gasteiger partial charge >= 0.3 is 0 Å². The molecule has 2 heterocycles. The van der Waals surface area contributed by atoms with Crippen molar-refractivity contribution in [1.82, 2.24) is 0 Å². The van der Waals surface area contributed by atoms with E-state index in [0.29, 0.717) is 16.8 Å². The number of halogens is 1. The Kier molecular flexibility index (Phi) is 4.09. The lowest BCUT2D eigenvalue weighted by Crippen LogP contribution is -2.45. The van der Waals surface area contributed by atoms with Gasteiger partial charge in [-0.15, -0.1) is 0 Å². The number of amides is 1. The molecule has 1 atom stereocenters. The van der Waals surface area contributed by atoms with Crippen molar-refractivity contribution in [2.45, 2.75) is 12.3 Å². The van der Waals surface area contributed by atoms with E-state index in [-0.39, 0.29) is 22.8 Å². The molecule has 1 amide bonds. The summed E-state index contributed by atoms with van der Waals surface area (Å²) in [6.45, 7) is 1.57. The van der Waals surface area contributed by atoms with Crippen LogP contribution in [0.2, 0.25) is 0 Å². The fourth-order valence-corrected chi connectivity index (χ4v) is 4.19. The van der Waals surface area contributed by atoms with Gasteiger partial charge in [-0.1, -0.05) is 52.3 Å². The summed E-state index contributed by atoms with van der Waals surface area (Å²) in [6.07, 6.45) is 0. The zero-order valence-electron chi connectivity index (χ0n) is 14.7. The summed E-state index contributed by atoms with van der Waals surface area (Å²) in [4.78, 5) is 26.8. The number of allylic oxidation sites excluding steroid dienone is 1. The van der Waals surface area contributed by atoms with Crippen molar-refractivity contribution in [3.8, 4) is 6.07 Å². The molecule has 7 heteroatoms. The van der Waals surface area contributed by atoms with Gasteiger partial charge in [-0.05, 0) is 19.1 Å². The summed E-state index contributed by atoms with van der Waals surface area (Å²) in [5.41, 5.74) is 5.69. The van der Waals surface area contributed by atoms with Gasteiger partial charge in [0.2, 0.25) is 11.8 Å². The second-order valence-corrected chi connectivity index (χ2v) is 7.39. The standard InChI is InChI=1S/C21H14BrN3O3/c1-11-17(18(26)12-5-3-2-4-6-12)21(15(10-23)19(24)28-11)14-8-7-13(22)9-16(14)25-20(21)27/h2-9H,24H2,1H3,(H,25,27). The lowest BCUT2D eigenvalue weighted by atomic mass is 9.66. The quantitative estimate of drug-likeness (QED) is 0.701. The number of hydrogen-bond acceptors (Lipinski definition) is 5. The van der Waals surface area contributed by atoms with Crippen LogP contribution < -0.4 is 11.1 Å². The Balaban J connectivity index is 2.06. The first-order valence-electron chi connectivity index (χ1n) is 8.42. The first-order chi connectivity index (χ1) is 13.4. The number of ether oxygens (including phenoxy) is 1. The van der Waals surface area contributed by atoms with E-state index in [2.05, 4.69) is 21.2 Å². The van der Waals surface area contributed by atoms with E-state index >= 15 is 0 Å². The molecule has 0 saturated carbocycles. The van der Waals surface area contributed by atoms with Crippen LogP contribution in [-0.2, 0) is 14.9 Å². The number of nitrogens with one attached hydrogen (secondary N) is 1. The number of carbonyl (C=O) groups excluding carboxylic acids is 2. The highest BCUT2D eigenvalue weighted by Gasteiger charge is 2.59. The van der Waals surface area contributed by atoms with Gasteiger partial charge in [-0.2, -0.15) is 5.26 Å². The highest BCUT2D eigenvalue weighted by atomic mass is 79.9. The number of Topliss-reactive ketones (excluding diaryl/α,β-unsaturated/α-hetero) is 1. The minimum absolute atomic E-state index is 0.0861. The van der Waals surface area contributed by atoms with Crippen LogP contribution >= 0.6 is 15.9 Å². The van der Waals surface area contributed by atoms with Crippen LogP contribution in [0.3, 0.4) is 0 Å². The van der Waals surface area contributed by atoms with Crippen molar-refractivity contribution in [1.29, 1.82) is 5.26 Å². The summed E-state index contributed by atoms with van der Waals surface area (Å²) in [6, 6.07) is 15.7. The Morgan fingerprint density at radius 1 is 1.25 bits per heavy atom. The van der Waals surface area contributed by atoms with E-state index in [4.69, 9.17) is 10.5 Å². The predicted molar refractivity (Wildman–Crippen MR) is 106 cm³/mol. The Morgan fingerprint density at radius 2 is 1.96 bits per heavy atom. The lowest BCUT2D eigenvalue weighted by molar-refractivity contribution is -0.118. The maximum atomic E-state index is 13.5. The first-order valence-corrected chi connectivity index (χ1v) is 9.21. The van der Waals surface area contributed by atoms with Gasteiger partial charge in [0.15, 0.2) is 5.78 Å². The summed E-state index contributed by atoms with van der Waals surface area (Å²) in [5.74, 6) is -0.905. The molecule has 0 bridgehead atoms. The molecule has 0 fully saturated rings. The maximum Gasteiger partial charge on any atom is 0.245 e. The molecule has 0 aromatic heterocycles. The van der Waals surface area contributed by atoms with Gasteiger partial charge in [0.05, 0.1) is 5.57 Å². The molecular weight excluding hydrogens is 422 g/mol. The smallest absolute Gasteiger partial charge is 0.245 e. The van der Waals surface area contributed by atoms with Crippen LogP contribution in [0.15, 0.2) is 75.8 Å². The van der Waals surface area contributed by atoms with Gasteiger partial charge in [-0.25, -0.2) is 0 Å². The van der Waals surface area contributed by atoms with E-state index in [0.717, 1.165) is 4.47 Å². The number of nitrogens with two attached hydrogens (primary N) is 1. The fourth-order valence-electron chi connectivity index (χ4n) is 3.83. The molecule has 4 rings (SSSR count). The second-order valence-electron chi connectivity index (χ2n) is 6.47. The highest BCUT2D eigenvalue weighted by Crippen LogP contribution is 2.52. The molecular formula is C21H14BrN3O3. The SMILES string of the molecule is CC1=C(C(=O)c2ccccc2)C2(C(=O)Nc3cc(Br)ccc32)C(C#N)=C(N)O1. The Hall–Kier alpha value is -3.37. The molecule has 138 valence electrons. The van der Waals surface area contributed by atoms with Gasteiger partial charge in [0, 0.05) is 21.3 Å². The third kappa shape index (κ3) is 2.31. The molecule has 2 aliphatic rings. The van der Waals surface area contributed by atoms with Crippen molar-refractivity contribution < 1.29 is 14.3 Å². The number of nitrogens with zero attached hydrogens (tertiary/aromatic N) is 1. The minimum atomic E-state index is -1.66. The van der Waals surface area contributed by atoms with Crippen LogP contribution in [0.4, 0.5) is 5.69 Å². The van der Waals surface area contributed by atoms with Crippen molar-refractivity contribution in [2.75, 3.05) is 5.32 Å². The molecule has 2 aliphatic heterocycles. The zero-order chi connectivity index (χ0) is 20.1. The van der Waals surface area contributed by atoms with Crippen molar-refractivity contribution in [2.24, 2.45) is 5.73 Å². The molecule has 3 N–H and O–H groups in total. The number of fused-ring (bicyclic) bond motifs is 2. The summed E-state index contributed by atoms with van der Waals surface area (Å²) < 4.78 is 6.28. The number of ketones is 1. The maximum absolute atomic E-state index is 13.5. The topological polar surface area (TPSA) is 105 Å². The van der Waals surface area contributed by atoms with Gasteiger partial charge in [0.25, 0.3) is 0 Å². The molecule has 1 spiro atoms. The molecule has 0 aliphatic carbocycles. The number of carbonyl (C=O) groups is 2. The molecule has 0 saturated heterocycles. The van der Waals surface area contributed by atoms with Gasteiger partial charge < -0.3 is 15.8 Å². The monoisotopic (exact) mass is 435 g/mol. The fraction of sp³-hybridized carbons (Fsp3) is 0.0952. The minimum Gasteiger partial charge on any atom is -0.445 e. The Bertz CT molecular complexity index is 1150. The Morgan fingerprint density at radius 3 is 2.64 bits per heavy atom. The van der Waals surface area contributed by atoms with E-state index in [1.54, 1.807) is 55.5 Å². The second kappa shape index (κ2) is 6.36. The van der Waals surface area contributed by atoms with Crippen LogP contribution in [0.25, 0.3) is 0 Å². The number of anilines is 1. The van der Waals surface area contributed by atoms with Crippen LogP contribution in [0.5, 0.6) is 0 Å². The molecule has 0 radical (unpaired) electrons. The number of benzene rings is 2. The molecule has 2 aromatic rings. The summed E-state index contributed by atoms with van der Waals surface area (Å²) in [7, 11) is 0. The van der Waals surface area contributed by atoms with Crippen LogP contribution in [0.1, 0.15) is 22.8 Å².